The number of hydrogen-bond donors (Lipinski definition) is 2. The molecule has 0 saturated carbocycles. The zero-order chi connectivity index (χ0) is 14.6. The van der Waals surface area contributed by atoms with Crippen molar-refractivity contribution in [3.8, 4) is 0 Å². The molecule has 2 N–H and O–H groups in total. The van der Waals surface area contributed by atoms with Crippen molar-refractivity contribution in [1.29, 1.82) is 0 Å². The Kier molecular flexibility index (Phi) is 4.81. The van der Waals surface area contributed by atoms with Crippen LogP contribution < -0.4 is 5.32 Å². The third kappa shape index (κ3) is 3.82. The number of aromatic nitrogens is 1. The average Bonchev–Trinajstić information content (AvgIpc) is 2.42. The van der Waals surface area contributed by atoms with Crippen LogP contribution in [0, 0.1) is 0 Å². The maximum absolute atomic E-state index is 10.2. The Hall–Kier alpha value is -1.36. The Morgan fingerprint density at radius 3 is 2.95 bits per heavy atom. The van der Waals surface area contributed by atoms with Crippen LogP contribution in [-0.4, -0.2) is 36.0 Å². The van der Waals surface area contributed by atoms with Gasteiger partial charge in [-0.2, -0.15) is 0 Å². The van der Waals surface area contributed by atoms with Gasteiger partial charge in [0, 0.05) is 49.0 Å². The normalized spacial score (nSPS) is 14.2. The molecule has 0 aliphatic rings. The van der Waals surface area contributed by atoms with Crippen LogP contribution in [0.4, 0.5) is 5.69 Å². The zero-order valence-electron chi connectivity index (χ0n) is 11.7. The van der Waals surface area contributed by atoms with E-state index in [2.05, 4.69) is 10.3 Å². The van der Waals surface area contributed by atoms with Crippen molar-refractivity contribution in [2.24, 2.45) is 0 Å². The largest absolute Gasteiger partial charge is 0.388 e. The van der Waals surface area contributed by atoms with Gasteiger partial charge in [0.15, 0.2) is 0 Å². The van der Waals surface area contributed by atoms with Gasteiger partial charge in [0.1, 0.15) is 0 Å². The van der Waals surface area contributed by atoms with Crippen molar-refractivity contribution < 1.29 is 9.84 Å². The van der Waals surface area contributed by atoms with Crippen LogP contribution in [0.1, 0.15) is 13.3 Å². The first-order valence-electron chi connectivity index (χ1n) is 6.51. The lowest BCUT2D eigenvalue weighted by Crippen LogP contribution is -2.34. The number of halogens is 1. The van der Waals surface area contributed by atoms with Crippen molar-refractivity contribution in [3.63, 3.8) is 0 Å². The number of ether oxygens (including phenoxy) is 1. The summed E-state index contributed by atoms with van der Waals surface area (Å²) in [5, 5.41) is 15.2. The highest BCUT2D eigenvalue weighted by molar-refractivity contribution is 6.31. The van der Waals surface area contributed by atoms with Gasteiger partial charge < -0.3 is 15.2 Å². The molecule has 0 spiro atoms. The number of aliphatic hydroxyl groups is 1. The van der Waals surface area contributed by atoms with E-state index in [1.807, 2.05) is 24.3 Å². The molecule has 2 aromatic rings. The van der Waals surface area contributed by atoms with Crippen molar-refractivity contribution in [2.75, 3.05) is 25.6 Å². The average molecular weight is 295 g/mol. The fraction of sp³-hybridized carbons (Fsp3) is 0.400. The molecule has 1 atom stereocenters. The molecule has 1 aromatic heterocycles. The Morgan fingerprint density at radius 1 is 1.40 bits per heavy atom. The summed E-state index contributed by atoms with van der Waals surface area (Å²) in [6.45, 7) is 2.76. The van der Waals surface area contributed by atoms with Gasteiger partial charge in [0.2, 0.25) is 0 Å². The summed E-state index contributed by atoms with van der Waals surface area (Å²) in [6.07, 6.45) is 2.30. The highest BCUT2D eigenvalue weighted by Gasteiger charge is 2.19. The SMILES string of the molecule is COCCC(C)(O)CNc1ccnc2cc(Cl)ccc12. The van der Waals surface area contributed by atoms with Gasteiger partial charge in [0.25, 0.3) is 0 Å². The number of hydrogen-bond acceptors (Lipinski definition) is 4. The molecule has 0 aliphatic heterocycles. The molecule has 108 valence electrons. The maximum atomic E-state index is 10.2. The second-order valence-corrected chi connectivity index (χ2v) is 5.55. The molecule has 0 bridgehead atoms. The summed E-state index contributed by atoms with van der Waals surface area (Å²) >= 11 is 5.96. The first-order valence-corrected chi connectivity index (χ1v) is 6.89. The number of rotatable bonds is 6. The van der Waals surface area contributed by atoms with Crippen molar-refractivity contribution in [1.82, 2.24) is 4.98 Å². The summed E-state index contributed by atoms with van der Waals surface area (Å²) in [6, 6.07) is 7.48. The summed E-state index contributed by atoms with van der Waals surface area (Å²) in [4.78, 5) is 4.29. The zero-order valence-corrected chi connectivity index (χ0v) is 12.4. The standard InChI is InChI=1S/C15H19ClN2O2/c1-15(19,6-8-20-2)10-18-13-5-7-17-14-9-11(16)3-4-12(13)14/h3-5,7,9,19H,6,8,10H2,1-2H3,(H,17,18). The summed E-state index contributed by atoms with van der Waals surface area (Å²) < 4.78 is 5.00. The Bertz CT molecular complexity index is 587. The molecule has 1 aromatic carbocycles. The molecule has 0 saturated heterocycles. The van der Waals surface area contributed by atoms with Gasteiger partial charge in [-0.3, -0.25) is 4.98 Å². The molecule has 1 heterocycles. The topological polar surface area (TPSA) is 54.4 Å². The van der Waals surface area contributed by atoms with Gasteiger partial charge in [-0.05, 0) is 31.2 Å². The van der Waals surface area contributed by atoms with E-state index in [1.54, 1.807) is 20.2 Å². The molecule has 5 heteroatoms. The summed E-state index contributed by atoms with van der Waals surface area (Å²) in [5.41, 5.74) is 0.946. The first kappa shape index (κ1) is 15.0. The van der Waals surface area contributed by atoms with Crippen LogP contribution >= 0.6 is 11.6 Å². The van der Waals surface area contributed by atoms with Crippen molar-refractivity contribution in [2.45, 2.75) is 18.9 Å². The van der Waals surface area contributed by atoms with E-state index in [4.69, 9.17) is 16.3 Å². The van der Waals surface area contributed by atoms with E-state index in [1.165, 1.54) is 0 Å². The van der Waals surface area contributed by atoms with Crippen molar-refractivity contribution >= 4 is 28.2 Å². The van der Waals surface area contributed by atoms with Crippen molar-refractivity contribution in [3.05, 3.63) is 35.5 Å². The predicted octanol–water partition coefficient (Wildman–Crippen LogP) is 3.09. The Balaban J connectivity index is 2.14. The van der Waals surface area contributed by atoms with E-state index >= 15 is 0 Å². The van der Waals surface area contributed by atoms with E-state index in [9.17, 15) is 5.11 Å². The van der Waals surface area contributed by atoms with Gasteiger partial charge in [-0.25, -0.2) is 0 Å². The quantitative estimate of drug-likeness (QED) is 0.859. The Labute approximate surface area is 123 Å². The number of pyridine rings is 1. The minimum atomic E-state index is -0.821. The van der Waals surface area contributed by atoms with E-state index in [-0.39, 0.29) is 0 Å². The molecule has 0 fully saturated rings. The highest BCUT2D eigenvalue weighted by atomic mass is 35.5. The van der Waals surface area contributed by atoms with Gasteiger partial charge in [-0.15, -0.1) is 0 Å². The van der Waals surface area contributed by atoms with E-state index in [0.717, 1.165) is 16.6 Å². The molecule has 4 nitrogen and oxygen atoms in total. The fourth-order valence-corrected chi connectivity index (χ4v) is 2.14. The molecular formula is C15H19ClN2O2. The third-order valence-electron chi connectivity index (χ3n) is 3.21. The smallest absolute Gasteiger partial charge is 0.0813 e. The lowest BCUT2D eigenvalue weighted by molar-refractivity contribution is 0.0358. The summed E-state index contributed by atoms with van der Waals surface area (Å²) in [5.74, 6) is 0. The minimum absolute atomic E-state index is 0.443. The lowest BCUT2D eigenvalue weighted by atomic mass is 10.0. The second-order valence-electron chi connectivity index (χ2n) is 5.11. The predicted molar refractivity (Wildman–Crippen MR) is 82.4 cm³/mol. The van der Waals surface area contributed by atoms with Crippen LogP contribution in [0.3, 0.4) is 0 Å². The molecule has 20 heavy (non-hydrogen) atoms. The number of fused-ring (bicyclic) bond motifs is 1. The van der Waals surface area contributed by atoms with Crippen LogP contribution in [0.5, 0.6) is 0 Å². The second kappa shape index (κ2) is 6.39. The number of nitrogens with one attached hydrogen (secondary N) is 1. The molecule has 0 aliphatic carbocycles. The van der Waals surface area contributed by atoms with Gasteiger partial charge >= 0.3 is 0 Å². The molecule has 0 amide bonds. The number of benzene rings is 1. The van der Waals surface area contributed by atoms with Crippen LogP contribution in [0.2, 0.25) is 5.02 Å². The summed E-state index contributed by atoms with van der Waals surface area (Å²) in [7, 11) is 1.63. The van der Waals surface area contributed by atoms with E-state index < -0.39 is 5.60 Å². The number of anilines is 1. The van der Waals surface area contributed by atoms with Gasteiger partial charge in [-0.1, -0.05) is 11.6 Å². The fourth-order valence-electron chi connectivity index (χ4n) is 1.97. The monoisotopic (exact) mass is 294 g/mol. The van der Waals surface area contributed by atoms with Crippen LogP contribution in [0.25, 0.3) is 10.9 Å². The Morgan fingerprint density at radius 2 is 2.20 bits per heavy atom. The highest BCUT2D eigenvalue weighted by Crippen LogP contribution is 2.25. The molecule has 1 unspecified atom stereocenters. The number of methoxy groups -OCH3 is 1. The first-order chi connectivity index (χ1) is 9.52. The molecular weight excluding hydrogens is 276 g/mol. The molecule has 0 radical (unpaired) electrons. The van der Waals surface area contributed by atoms with Crippen LogP contribution in [-0.2, 0) is 4.74 Å². The van der Waals surface area contributed by atoms with Gasteiger partial charge in [0.05, 0.1) is 11.1 Å². The third-order valence-corrected chi connectivity index (χ3v) is 3.44. The molecule has 2 rings (SSSR count). The maximum Gasteiger partial charge on any atom is 0.0813 e. The number of nitrogens with zero attached hydrogens (tertiary/aromatic N) is 1. The lowest BCUT2D eigenvalue weighted by Gasteiger charge is -2.24. The van der Waals surface area contributed by atoms with E-state index in [0.29, 0.717) is 24.6 Å². The minimum Gasteiger partial charge on any atom is -0.388 e. The van der Waals surface area contributed by atoms with Crippen LogP contribution in [0.15, 0.2) is 30.5 Å².